The van der Waals surface area contributed by atoms with E-state index in [0.29, 0.717) is 11.8 Å². The Labute approximate surface area is 180 Å². The van der Waals surface area contributed by atoms with E-state index in [4.69, 9.17) is 4.74 Å². The first-order chi connectivity index (χ1) is 14.2. The highest BCUT2D eigenvalue weighted by molar-refractivity contribution is 5.84. The Bertz CT molecular complexity index is 694. The number of morpholine rings is 1. The van der Waals surface area contributed by atoms with Crippen LogP contribution >= 0.6 is 0 Å². The van der Waals surface area contributed by atoms with Gasteiger partial charge in [0, 0.05) is 46.2 Å². The predicted molar refractivity (Wildman–Crippen MR) is 120 cm³/mol. The summed E-state index contributed by atoms with van der Waals surface area (Å²) in [6.07, 6.45) is 7.07. The Morgan fingerprint density at radius 3 is 2.20 bits per heavy atom. The first kappa shape index (κ1) is 24.0. The van der Waals surface area contributed by atoms with E-state index in [-0.39, 0.29) is 18.0 Å². The van der Waals surface area contributed by atoms with Crippen molar-refractivity contribution in [3.8, 4) is 5.75 Å². The highest BCUT2D eigenvalue weighted by atomic mass is 16.5. The number of ether oxygens (including phenoxy) is 1. The first-order valence-electron chi connectivity index (χ1n) is 10.9. The van der Waals surface area contributed by atoms with E-state index in [1.54, 1.807) is 25.2 Å². The van der Waals surface area contributed by atoms with Gasteiger partial charge in [0.15, 0.2) is 0 Å². The van der Waals surface area contributed by atoms with Crippen LogP contribution in [0.5, 0.6) is 5.75 Å². The molecule has 30 heavy (non-hydrogen) atoms. The average molecular weight is 420 g/mol. The number of nitrogens with zero attached hydrogens (tertiary/aromatic N) is 3. The van der Waals surface area contributed by atoms with Crippen LogP contribution in [0, 0.1) is 5.92 Å². The number of amides is 2. The minimum absolute atomic E-state index is 0.191. The number of anilines is 2. The van der Waals surface area contributed by atoms with Crippen molar-refractivity contribution in [3.63, 3.8) is 0 Å². The number of phenolic OH excluding ortho intramolecular Hbond substituents is 1. The molecule has 7 nitrogen and oxygen atoms in total. The maximum absolute atomic E-state index is 12.3. The van der Waals surface area contributed by atoms with Gasteiger partial charge >= 0.3 is 0 Å². The van der Waals surface area contributed by atoms with Crippen LogP contribution in [0.15, 0.2) is 18.2 Å². The zero-order valence-electron chi connectivity index (χ0n) is 19.0. The standard InChI is InChI=1S/C13H23NO2.C10H14N2O2/c1-10-8-14(9-11(2)16-10)13(15)12-6-4-3-5-7-12;1-11(2)10-6-8(14)4-5-9(10)12(3)7-13/h10-12H,3-9H2,1-2H3;4-7,14H,1-3H3/t10-,11?;/m0./s1. The summed E-state index contributed by atoms with van der Waals surface area (Å²) >= 11 is 0. The topological polar surface area (TPSA) is 73.3 Å². The molecule has 0 radical (unpaired) electrons. The quantitative estimate of drug-likeness (QED) is 0.759. The van der Waals surface area contributed by atoms with Gasteiger partial charge in [0.25, 0.3) is 0 Å². The number of phenols is 1. The molecule has 1 saturated carbocycles. The van der Waals surface area contributed by atoms with Crippen LogP contribution in [0.1, 0.15) is 46.0 Å². The van der Waals surface area contributed by atoms with Gasteiger partial charge in [0.05, 0.1) is 23.6 Å². The van der Waals surface area contributed by atoms with Gasteiger partial charge in [-0.2, -0.15) is 0 Å². The third-order valence-corrected chi connectivity index (χ3v) is 5.66. The fourth-order valence-electron chi connectivity index (χ4n) is 4.19. The smallest absolute Gasteiger partial charge is 0.225 e. The lowest BCUT2D eigenvalue weighted by Crippen LogP contribution is -2.50. The van der Waals surface area contributed by atoms with Crippen molar-refractivity contribution >= 4 is 23.7 Å². The van der Waals surface area contributed by atoms with Crippen molar-refractivity contribution in [2.24, 2.45) is 5.92 Å². The molecule has 1 saturated heterocycles. The highest BCUT2D eigenvalue weighted by Crippen LogP contribution is 2.30. The van der Waals surface area contributed by atoms with E-state index < -0.39 is 0 Å². The zero-order chi connectivity index (χ0) is 22.3. The maximum Gasteiger partial charge on any atom is 0.225 e. The minimum atomic E-state index is 0.191. The number of carbonyl (C=O) groups excluding carboxylic acids is 2. The number of benzene rings is 1. The Kier molecular flexibility index (Phi) is 8.96. The van der Waals surface area contributed by atoms with E-state index in [2.05, 4.69) is 13.8 Å². The molecule has 1 aromatic carbocycles. The number of carbonyl (C=O) groups is 2. The average Bonchev–Trinajstić information content (AvgIpc) is 2.73. The fraction of sp³-hybridized carbons (Fsp3) is 0.652. The van der Waals surface area contributed by atoms with Crippen LogP contribution in [-0.2, 0) is 14.3 Å². The molecule has 168 valence electrons. The van der Waals surface area contributed by atoms with Gasteiger partial charge in [-0.05, 0) is 38.8 Å². The van der Waals surface area contributed by atoms with Crippen LogP contribution in [0.4, 0.5) is 11.4 Å². The molecule has 2 fully saturated rings. The van der Waals surface area contributed by atoms with E-state index in [9.17, 15) is 14.7 Å². The van der Waals surface area contributed by atoms with Crippen molar-refractivity contribution in [1.29, 1.82) is 0 Å². The van der Waals surface area contributed by atoms with Crippen LogP contribution in [-0.4, -0.2) is 68.8 Å². The molecular weight excluding hydrogens is 382 g/mol. The summed E-state index contributed by atoms with van der Waals surface area (Å²) in [7, 11) is 5.39. The normalized spacial score (nSPS) is 22.0. The largest absolute Gasteiger partial charge is 0.508 e. The van der Waals surface area contributed by atoms with Gasteiger partial charge in [-0.1, -0.05) is 19.3 Å². The van der Waals surface area contributed by atoms with Gasteiger partial charge in [-0.25, -0.2) is 0 Å². The molecule has 1 N–H and O–H groups in total. The van der Waals surface area contributed by atoms with Crippen LogP contribution in [0.25, 0.3) is 0 Å². The van der Waals surface area contributed by atoms with Crippen molar-refractivity contribution in [2.45, 2.75) is 58.2 Å². The van der Waals surface area contributed by atoms with Gasteiger partial charge in [-0.3, -0.25) is 9.59 Å². The molecule has 1 aliphatic carbocycles. The summed E-state index contributed by atoms with van der Waals surface area (Å²) in [5, 5.41) is 9.31. The third-order valence-electron chi connectivity index (χ3n) is 5.66. The summed E-state index contributed by atoms with van der Waals surface area (Å²) in [5.41, 5.74) is 1.57. The lowest BCUT2D eigenvalue weighted by atomic mass is 9.88. The number of hydrogen-bond acceptors (Lipinski definition) is 5. The Balaban J connectivity index is 0.000000216. The van der Waals surface area contributed by atoms with Crippen LogP contribution in [0.3, 0.4) is 0 Å². The van der Waals surface area contributed by atoms with Gasteiger partial charge in [-0.15, -0.1) is 0 Å². The zero-order valence-corrected chi connectivity index (χ0v) is 19.0. The molecule has 3 rings (SSSR count). The van der Waals surface area contributed by atoms with Gasteiger partial charge in [0.2, 0.25) is 12.3 Å². The third kappa shape index (κ3) is 6.62. The second kappa shape index (κ2) is 11.2. The lowest BCUT2D eigenvalue weighted by Gasteiger charge is -2.37. The second-order valence-electron chi connectivity index (χ2n) is 8.62. The Hall–Kier alpha value is -2.28. The molecule has 0 spiro atoms. The van der Waals surface area contributed by atoms with Crippen molar-refractivity contribution in [3.05, 3.63) is 18.2 Å². The number of hydrogen-bond donors (Lipinski definition) is 1. The Morgan fingerprint density at radius 1 is 1.07 bits per heavy atom. The minimum Gasteiger partial charge on any atom is -0.508 e. The summed E-state index contributed by atoms with van der Waals surface area (Å²) in [5.74, 6) is 0.865. The molecule has 0 bridgehead atoms. The predicted octanol–water partition coefficient (Wildman–Crippen LogP) is 3.25. The van der Waals surface area contributed by atoms with Gasteiger partial charge in [0.1, 0.15) is 5.75 Å². The summed E-state index contributed by atoms with van der Waals surface area (Å²) < 4.78 is 5.66. The molecule has 1 aliphatic heterocycles. The number of aromatic hydroxyl groups is 1. The summed E-state index contributed by atoms with van der Waals surface area (Å²) in [4.78, 5) is 28.3. The van der Waals surface area contributed by atoms with Crippen molar-refractivity contribution < 1.29 is 19.4 Å². The van der Waals surface area contributed by atoms with Crippen LogP contribution in [0.2, 0.25) is 0 Å². The molecular formula is C23H37N3O4. The van der Waals surface area contributed by atoms with E-state index >= 15 is 0 Å². The lowest BCUT2D eigenvalue weighted by molar-refractivity contribution is -0.148. The molecule has 1 aromatic rings. The van der Waals surface area contributed by atoms with E-state index in [1.807, 2.05) is 23.9 Å². The van der Waals surface area contributed by atoms with E-state index in [0.717, 1.165) is 43.7 Å². The summed E-state index contributed by atoms with van der Waals surface area (Å²) in [6, 6.07) is 4.89. The molecule has 1 heterocycles. The van der Waals surface area contributed by atoms with E-state index in [1.165, 1.54) is 24.2 Å². The molecule has 0 aromatic heterocycles. The molecule has 7 heteroatoms. The van der Waals surface area contributed by atoms with Crippen LogP contribution < -0.4 is 9.80 Å². The fourth-order valence-corrected chi connectivity index (χ4v) is 4.19. The summed E-state index contributed by atoms with van der Waals surface area (Å²) in [6.45, 7) is 5.66. The molecule has 2 atom stereocenters. The highest BCUT2D eigenvalue weighted by Gasteiger charge is 2.31. The maximum atomic E-state index is 12.3. The van der Waals surface area contributed by atoms with Crippen molar-refractivity contribution in [2.75, 3.05) is 44.0 Å². The van der Waals surface area contributed by atoms with Gasteiger partial charge < -0.3 is 24.5 Å². The SMILES string of the molecule is CC1CN(C(=O)C2CCCCC2)C[C@H](C)O1.CN(C)c1cc(O)ccc1N(C)C=O. The molecule has 1 unspecified atom stereocenters. The molecule has 2 amide bonds. The molecule has 2 aliphatic rings. The Morgan fingerprint density at radius 2 is 1.67 bits per heavy atom. The second-order valence-corrected chi connectivity index (χ2v) is 8.62. The first-order valence-corrected chi connectivity index (χ1v) is 10.9. The van der Waals surface area contributed by atoms with Crippen molar-refractivity contribution in [1.82, 2.24) is 4.90 Å². The number of rotatable bonds is 4. The monoisotopic (exact) mass is 419 g/mol.